The summed E-state index contributed by atoms with van der Waals surface area (Å²) in [6, 6.07) is 42.8. The van der Waals surface area contributed by atoms with E-state index in [1.807, 2.05) is 147 Å². The Morgan fingerprint density at radius 1 is 0.520 bits per heavy atom. The summed E-state index contributed by atoms with van der Waals surface area (Å²) in [7, 11) is 0. The highest BCUT2D eigenvalue weighted by molar-refractivity contribution is 6.00. The lowest BCUT2D eigenvalue weighted by atomic mass is 9.64. The van der Waals surface area contributed by atoms with Gasteiger partial charge in [-0.1, -0.05) is 97.1 Å². The van der Waals surface area contributed by atoms with Crippen LogP contribution in [0.5, 0.6) is 0 Å². The Bertz CT molecular complexity index is 1930. The molecule has 2 amide bonds. The zero-order chi connectivity index (χ0) is 34.5. The van der Waals surface area contributed by atoms with Gasteiger partial charge in [0.15, 0.2) is 17.2 Å². The minimum absolute atomic E-state index is 0.0673. The number of carbonyl (C=O) groups is 3. The van der Waals surface area contributed by atoms with E-state index < -0.39 is 10.8 Å². The number of hydrogen-bond donors (Lipinski definition) is 0. The highest BCUT2D eigenvalue weighted by Gasteiger charge is 2.57. The smallest absolute Gasteiger partial charge is 0.274 e. The summed E-state index contributed by atoms with van der Waals surface area (Å²) in [5.41, 5.74) is 3.83. The number of nitrogens with zero attached hydrogens (tertiary/aromatic N) is 6. The first-order chi connectivity index (χ1) is 24.2. The first-order valence-corrected chi connectivity index (χ1v) is 16.8. The van der Waals surface area contributed by atoms with Gasteiger partial charge in [-0.2, -0.15) is 10.2 Å². The number of hydrogen-bond acceptors (Lipinski definition) is 5. The number of piperidine rings is 2. The average Bonchev–Trinajstić information content (AvgIpc) is 3.80. The molecule has 8 rings (SSSR count). The molecule has 0 aliphatic carbocycles. The lowest BCUT2D eigenvalue weighted by Gasteiger charge is -2.54. The molecule has 248 valence electrons. The quantitative estimate of drug-likeness (QED) is 0.201. The van der Waals surface area contributed by atoms with Gasteiger partial charge < -0.3 is 9.80 Å². The minimum atomic E-state index is -0.967. The number of aromatic nitrogens is 4. The van der Waals surface area contributed by atoms with Gasteiger partial charge in [0, 0.05) is 37.3 Å². The Balaban J connectivity index is 1.09. The van der Waals surface area contributed by atoms with Crippen molar-refractivity contribution < 1.29 is 14.4 Å². The zero-order valence-corrected chi connectivity index (χ0v) is 27.9. The molecule has 2 aliphatic heterocycles. The van der Waals surface area contributed by atoms with Gasteiger partial charge in [-0.05, 0) is 50.2 Å². The maximum Gasteiger partial charge on any atom is 0.274 e. The van der Waals surface area contributed by atoms with Crippen molar-refractivity contribution in [3.63, 3.8) is 0 Å². The van der Waals surface area contributed by atoms with Gasteiger partial charge in [-0.3, -0.25) is 14.4 Å². The van der Waals surface area contributed by atoms with Crippen LogP contribution in [0.1, 0.15) is 34.8 Å². The highest BCUT2D eigenvalue weighted by atomic mass is 16.2. The average molecular weight is 661 g/mol. The molecule has 50 heavy (non-hydrogen) atoms. The second-order valence-electron chi connectivity index (χ2n) is 13.8. The molecule has 9 heteroatoms. The van der Waals surface area contributed by atoms with Crippen LogP contribution >= 0.6 is 0 Å². The van der Waals surface area contributed by atoms with Gasteiger partial charge in [-0.15, -0.1) is 0 Å². The lowest BCUT2D eigenvalue weighted by molar-refractivity contribution is -0.153. The zero-order valence-electron chi connectivity index (χ0n) is 27.9. The van der Waals surface area contributed by atoms with Crippen molar-refractivity contribution in [1.82, 2.24) is 29.4 Å². The molecular formula is C41H36N6O3. The SMILES string of the molecule is CC12CN(C(=O)c3cc(-c4ccccc4)n(-c4ccccc4)n3)CC(C)(CN(C(=O)c3cc(-c4ccccc4)n(-c4ccccc4)n3)C1)C2=O. The van der Waals surface area contributed by atoms with Crippen molar-refractivity contribution >= 4 is 17.6 Å². The van der Waals surface area contributed by atoms with Crippen molar-refractivity contribution in [3.05, 3.63) is 145 Å². The van der Waals surface area contributed by atoms with Crippen LogP contribution in [0.25, 0.3) is 33.9 Å². The number of rotatable bonds is 6. The molecule has 0 saturated carbocycles. The maximum absolute atomic E-state index is 14.2. The van der Waals surface area contributed by atoms with Crippen LogP contribution in [0.3, 0.4) is 0 Å². The van der Waals surface area contributed by atoms with E-state index >= 15 is 0 Å². The fourth-order valence-corrected chi connectivity index (χ4v) is 7.66. The molecule has 4 heterocycles. The van der Waals surface area contributed by atoms with E-state index in [0.29, 0.717) is 11.4 Å². The molecule has 0 spiro atoms. The molecule has 9 nitrogen and oxygen atoms in total. The summed E-state index contributed by atoms with van der Waals surface area (Å²) in [4.78, 5) is 46.0. The van der Waals surface area contributed by atoms with E-state index in [0.717, 1.165) is 33.9 Å². The molecule has 2 bridgehead atoms. The molecule has 2 saturated heterocycles. The van der Waals surface area contributed by atoms with Gasteiger partial charge in [0.05, 0.1) is 33.6 Å². The van der Waals surface area contributed by atoms with Crippen LogP contribution < -0.4 is 0 Å². The number of Topliss-reactive ketones (excluding diaryl/α,β-unsaturated/α-hetero) is 1. The largest absolute Gasteiger partial charge is 0.335 e. The van der Waals surface area contributed by atoms with Gasteiger partial charge in [0.2, 0.25) is 0 Å². The first kappa shape index (κ1) is 31.2. The highest BCUT2D eigenvalue weighted by Crippen LogP contribution is 2.43. The van der Waals surface area contributed by atoms with E-state index in [1.54, 1.807) is 19.2 Å². The van der Waals surface area contributed by atoms with Crippen molar-refractivity contribution in [1.29, 1.82) is 0 Å². The van der Waals surface area contributed by atoms with Crippen molar-refractivity contribution in [2.75, 3.05) is 26.2 Å². The Morgan fingerprint density at radius 2 is 0.840 bits per heavy atom. The normalized spacial score (nSPS) is 20.2. The van der Waals surface area contributed by atoms with Crippen LogP contribution in [0.4, 0.5) is 0 Å². The van der Waals surface area contributed by atoms with Crippen LogP contribution in [0.2, 0.25) is 0 Å². The third kappa shape index (κ3) is 5.41. The van der Waals surface area contributed by atoms with E-state index in [-0.39, 0.29) is 43.8 Å². The topological polar surface area (TPSA) is 93.3 Å². The summed E-state index contributed by atoms with van der Waals surface area (Å²) in [6.45, 7) is 4.44. The molecule has 2 aromatic heterocycles. The van der Waals surface area contributed by atoms with Crippen LogP contribution in [0, 0.1) is 10.8 Å². The Kier molecular flexibility index (Phi) is 7.55. The molecule has 0 unspecified atom stereocenters. The lowest BCUT2D eigenvalue weighted by Crippen LogP contribution is -2.69. The first-order valence-electron chi connectivity index (χ1n) is 16.8. The van der Waals surface area contributed by atoms with Crippen LogP contribution in [-0.2, 0) is 4.79 Å². The molecular weight excluding hydrogens is 624 g/mol. The summed E-state index contributed by atoms with van der Waals surface area (Å²) in [5, 5.41) is 9.60. The van der Waals surface area contributed by atoms with Gasteiger partial charge in [0.25, 0.3) is 11.8 Å². The summed E-state index contributed by atoms with van der Waals surface area (Å²) < 4.78 is 3.58. The van der Waals surface area contributed by atoms with Crippen LogP contribution in [0.15, 0.2) is 133 Å². The number of para-hydroxylation sites is 2. The van der Waals surface area contributed by atoms with Crippen molar-refractivity contribution in [2.45, 2.75) is 13.8 Å². The molecule has 6 aromatic rings. The Labute approximate surface area is 290 Å². The number of likely N-dealkylation sites (tertiary alicyclic amines) is 2. The summed E-state index contributed by atoms with van der Waals surface area (Å²) in [6.07, 6.45) is 0. The van der Waals surface area contributed by atoms with E-state index in [9.17, 15) is 14.4 Å². The standard InChI is InChI=1S/C41H36N6O3/c1-40-25-44(37(48)33-23-35(29-15-7-3-8-16-29)46(42-33)31-19-11-5-12-20-31)27-41(2,39(40)50)28-45(26-40)38(49)34-24-36(30-17-9-4-10-18-30)47(43-34)32-21-13-6-14-22-32/h3-24H,25-28H2,1-2H3. The second kappa shape index (κ2) is 12.1. The predicted octanol–water partition coefficient (Wildman–Crippen LogP) is 6.59. The van der Waals surface area contributed by atoms with Crippen LogP contribution in [-0.4, -0.2) is 73.1 Å². The van der Waals surface area contributed by atoms with Gasteiger partial charge >= 0.3 is 0 Å². The number of benzene rings is 4. The van der Waals surface area contributed by atoms with E-state index in [1.165, 1.54) is 0 Å². The van der Waals surface area contributed by atoms with Crippen molar-refractivity contribution in [2.24, 2.45) is 10.8 Å². The summed E-state index contributed by atoms with van der Waals surface area (Å²) >= 11 is 0. The fraction of sp³-hybridized carbons (Fsp3) is 0.195. The van der Waals surface area contributed by atoms with Gasteiger partial charge in [0.1, 0.15) is 0 Å². The number of amides is 2. The molecule has 0 atom stereocenters. The number of carbonyl (C=O) groups excluding carboxylic acids is 3. The number of fused-ring (bicyclic) bond motifs is 2. The molecule has 0 N–H and O–H groups in total. The van der Waals surface area contributed by atoms with E-state index in [4.69, 9.17) is 10.2 Å². The number of ketones is 1. The minimum Gasteiger partial charge on any atom is -0.335 e. The second-order valence-corrected chi connectivity index (χ2v) is 13.8. The fourth-order valence-electron chi connectivity index (χ4n) is 7.66. The Morgan fingerprint density at radius 3 is 1.18 bits per heavy atom. The summed E-state index contributed by atoms with van der Waals surface area (Å²) in [5.74, 6) is -0.413. The third-order valence-electron chi connectivity index (χ3n) is 9.83. The monoisotopic (exact) mass is 660 g/mol. The Hall–Kier alpha value is -6.09. The van der Waals surface area contributed by atoms with Crippen molar-refractivity contribution in [3.8, 4) is 33.9 Å². The molecule has 2 fully saturated rings. The van der Waals surface area contributed by atoms with Gasteiger partial charge in [-0.25, -0.2) is 9.36 Å². The molecule has 4 aromatic carbocycles. The molecule has 0 radical (unpaired) electrons. The predicted molar refractivity (Wildman–Crippen MR) is 191 cm³/mol. The molecule has 2 aliphatic rings. The van der Waals surface area contributed by atoms with E-state index in [2.05, 4.69) is 0 Å². The third-order valence-corrected chi connectivity index (χ3v) is 9.83. The maximum atomic E-state index is 14.2.